The van der Waals surface area contributed by atoms with Gasteiger partial charge in [-0.05, 0) is 52.2 Å². The van der Waals surface area contributed by atoms with Crippen LogP contribution in [-0.4, -0.2) is 17.8 Å². The normalized spacial score (nSPS) is 8.33. The average molecular weight is 422 g/mol. The van der Waals surface area contributed by atoms with Crippen molar-refractivity contribution in [2.75, 3.05) is 0 Å². The van der Waals surface area contributed by atoms with E-state index in [1.54, 1.807) is 0 Å². The van der Waals surface area contributed by atoms with Gasteiger partial charge in [0.1, 0.15) is 12.1 Å². The molecule has 0 unspecified atom stereocenters. The lowest BCUT2D eigenvalue weighted by atomic mass is 10.1. The summed E-state index contributed by atoms with van der Waals surface area (Å²) in [4.78, 5) is 24.1. The Morgan fingerprint density at radius 1 is 0.867 bits per heavy atom. The fourth-order valence-corrected chi connectivity index (χ4v) is 1.91. The number of rotatable bonds is 8. The molecule has 30 heavy (non-hydrogen) atoms. The lowest BCUT2D eigenvalue weighted by molar-refractivity contribution is -0.119. The minimum absolute atomic E-state index is 0.441. The van der Waals surface area contributed by atoms with Crippen molar-refractivity contribution >= 4 is 23.5 Å². The number of aliphatic imine (C=N–C) groups is 1. The van der Waals surface area contributed by atoms with Crippen LogP contribution in [-0.2, 0) is 9.59 Å². The molecule has 3 heteroatoms. The predicted octanol–water partition coefficient (Wildman–Crippen LogP) is 9.08. The molecule has 0 radical (unpaired) electrons. The number of ketones is 1. The zero-order valence-corrected chi connectivity index (χ0v) is 21.8. The van der Waals surface area contributed by atoms with Gasteiger partial charge in [0.2, 0.25) is 0 Å². The molecule has 1 aromatic rings. The van der Waals surface area contributed by atoms with Crippen molar-refractivity contribution in [2.45, 2.75) is 121 Å². The molecule has 0 atom stereocenters. The summed E-state index contributed by atoms with van der Waals surface area (Å²) in [6.45, 7) is 20.1. The van der Waals surface area contributed by atoms with Gasteiger partial charge in [0, 0.05) is 18.6 Å². The van der Waals surface area contributed by atoms with Crippen molar-refractivity contribution in [3.8, 4) is 0 Å². The second-order valence-corrected chi connectivity index (χ2v) is 6.83. The summed E-state index contributed by atoms with van der Waals surface area (Å²) in [6.07, 6.45) is 9.49. The first-order chi connectivity index (χ1) is 14.3. The van der Waals surface area contributed by atoms with Gasteiger partial charge >= 0.3 is 0 Å². The lowest BCUT2D eigenvalue weighted by Gasteiger charge is -1.98. The van der Waals surface area contributed by atoms with Crippen LogP contribution in [0.5, 0.6) is 0 Å². The molecule has 0 amide bonds. The summed E-state index contributed by atoms with van der Waals surface area (Å²) in [5.74, 6) is 0.441. The second kappa shape index (κ2) is 31.9. The van der Waals surface area contributed by atoms with Crippen LogP contribution >= 0.6 is 0 Å². The standard InChI is InChI=1S/C10H13N.C9H18O.C4H10.C2H4O.C2H6/c1-8(2)11-10-7-5-4-6-9(10)3;1-3-5-6-8-9(10)7-4-2;1-3-4-2;1-2-3;1-2/h4-7H,1-3H3;3-8H2,1-2H3;3-4H2,1-2H3;2H,1H3;1-2H3. The van der Waals surface area contributed by atoms with E-state index in [1.807, 2.05) is 45.9 Å². The Morgan fingerprint density at radius 2 is 1.37 bits per heavy atom. The Balaban J connectivity index is -0.000000163. The second-order valence-electron chi connectivity index (χ2n) is 6.83. The molecule has 0 fully saturated rings. The first-order valence-corrected chi connectivity index (χ1v) is 11.8. The summed E-state index contributed by atoms with van der Waals surface area (Å²) in [7, 11) is 0. The third-order valence-corrected chi connectivity index (χ3v) is 3.55. The van der Waals surface area contributed by atoms with Crippen LogP contribution in [0.2, 0.25) is 0 Å². The van der Waals surface area contributed by atoms with Crippen LogP contribution < -0.4 is 0 Å². The molecule has 0 saturated heterocycles. The molecule has 3 nitrogen and oxygen atoms in total. The number of aryl methyl sites for hydroxylation is 1. The predicted molar refractivity (Wildman–Crippen MR) is 137 cm³/mol. The molecule has 0 aliphatic rings. The fourth-order valence-electron chi connectivity index (χ4n) is 1.91. The highest BCUT2D eigenvalue weighted by atomic mass is 16.1. The minimum Gasteiger partial charge on any atom is -0.304 e. The number of carbonyl (C=O) groups is 2. The van der Waals surface area contributed by atoms with E-state index in [-0.39, 0.29) is 0 Å². The quantitative estimate of drug-likeness (QED) is 0.239. The number of nitrogens with zero attached hydrogens (tertiary/aromatic N) is 1. The number of hydrogen-bond donors (Lipinski definition) is 0. The molecule has 0 N–H and O–H groups in total. The number of carbonyl (C=O) groups excluding carboxylic acids is 2. The third-order valence-electron chi connectivity index (χ3n) is 3.55. The molecule has 0 saturated carbocycles. The Kier molecular flexibility index (Phi) is 37.9. The van der Waals surface area contributed by atoms with E-state index >= 15 is 0 Å². The SMILES string of the molecule is CC.CC(C)=Nc1ccccc1C.CC=O.CCCC.CCCCCC(=O)CCC. The van der Waals surface area contributed by atoms with Crippen molar-refractivity contribution in [2.24, 2.45) is 4.99 Å². The lowest BCUT2D eigenvalue weighted by Crippen LogP contribution is -1.95. The zero-order chi connectivity index (χ0) is 24.2. The van der Waals surface area contributed by atoms with Crippen molar-refractivity contribution < 1.29 is 9.59 Å². The van der Waals surface area contributed by atoms with Gasteiger partial charge in [-0.1, -0.05) is 85.4 Å². The van der Waals surface area contributed by atoms with Crippen LogP contribution in [0, 0.1) is 6.92 Å². The number of hydrogen-bond acceptors (Lipinski definition) is 3. The van der Waals surface area contributed by atoms with E-state index in [2.05, 4.69) is 45.7 Å². The Morgan fingerprint density at radius 3 is 1.73 bits per heavy atom. The van der Waals surface area contributed by atoms with Gasteiger partial charge < -0.3 is 4.79 Å². The van der Waals surface area contributed by atoms with Crippen molar-refractivity contribution in [3.63, 3.8) is 0 Å². The number of benzene rings is 1. The van der Waals surface area contributed by atoms with E-state index in [0.29, 0.717) is 5.78 Å². The summed E-state index contributed by atoms with van der Waals surface area (Å²) >= 11 is 0. The topological polar surface area (TPSA) is 46.5 Å². The van der Waals surface area contributed by atoms with Crippen molar-refractivity contribution in [1.29, 1.82) is 0 Å². The van der Waals surface area contributed by atoms with Gasteiger partial charge in [0.05, 0.1) is 5.69 Å². The van der Waals surface area contributed by atoms with Crippen LogP contribution in [0.1, 0.15) is 119 Å². The Hall–Kier alpha value is -1.77. The Bertz CT molecular complexity index is 501. The summed E-state index contributed by atoms with van der Waals surface area (Å²) in [5, 5.41) is 0. The number of aldehydes is 1. The highest BCUT2D eigenvalue weighted by Crippen LogP contribution is 2.16. The smallest absolute Gasteiger partial charge is 0.132 e. The monoisotopic (exact) mass is 421 g/mol. The maximum Gasteiger partial charge on any atom is 0.132 e. The summed E-state index contributed by atoms with van der Waals surface area (Å²) < 4.78 is 0. The highest BCUT2D eigenvalue weighted by molar-refractivity contribution is 5.82. The van der Waals surface area contributed by atoms with Gasteiger partial charge in [0.25, 0.3) is 0 Å². The van der Waals surface area contributed by atoms with Gasteiger partial charge in [-0.2, -0.15) is 0 Å². The van der Waals surface area contributed by atoms with E-state index in [1.165, 1.54) is 38.2 Å². The Labute approximate surface area is 188 Å². The largest absolute Gasteiger partial charge is 0.304 e. The first kappa shape index (κ1) is 35.7. The van der Waals surface area contributed by atoms with E-state index < -0.39 is 0 Å². The maximum atomic E-state index is 10.9. The fraction of sp³-hybridized carbons (Fsp3) is 0.667. The third kappa shape index (κ3) is 33.8. The summed E-state index contributed by atoms with van der Waals surface area (Å²) in [5.41, 5.74) is 3.40. The van der Waals surface area contributed by atoms with Crippen LogP contribution in [0.15, 0.2) is 29.3 Å². The van der Waals surface area contributed by atoms with Gasteiger partial charge in [-0.15, -0.1) is 0 Å². The van der Waals surface area contributed by atoms with Gasteiger partial charge in [-0.25, -0.2) is 0 Å². The van der Waals surface area contributed by atoms with Gasteiger partial charge in [-0.3, -0.25) is 9.79 Å². The molecule has 0 aromatic heterocycles. The molecule has 0 heterocycles. The van der Waals surface area contributed by atoms with E-state index in [9.17, 15) is 4.79 Å². The minimum atomic E-state index is 0.441. The molecule has 0 bridgehead atoms. The van der Waals surface area contributed by atoms with Crippen LogP contribution in [0.4, 0.5) is 5.69 Å². The van der Waals surface area contributed by atoms with E-state index in [0.717, 1.165) is 43.4 Å². The molecule has 1 aromatic carbocycles. The molecular formula is C27H51NO2. The molecule has 0 spiro atoms. The maximum absolute atomic E-state index is 10.9. The summed E-state index contributed by atoms with van der Waals surface area (Å²) in [6, 6.07) is 8.14. The first-order valence-electron chi connectivity index (χ1n) is 11.8. The highest BCUT2D eigenvalue weighted by Gasteiger charge is 1.97. The molecule has 0 aliphatic heterocycles. The van der Waals surface area contributed by atoms with Crippen molar-refractivity contribution in [3.05, 3.63) is 29.8 Å². The van der Waals surface area contributed by atoms with E-state index in [4.69, 9.17) is 4.79 Å². The number of unbranched alkanes of at least 4 members (excludes halogenated alkanes) is 3. The van der Waals surface area contributed by atoms with Gasteiger partial charge in [0.15, 0.2) is 0 Å². The molecule has 176 valence electrons. The number of Topliss-reactive ketones (excluding diaryl/α,β-unsaturated/α-hetero) is 1. The zero-order valence-electron chi connectivity index (χ0n) is 21.8. The molecular weight excluding hydrogens is 370 g/mol. The number of para-hydroxylation sites is 1. The van der Waals surface area contributed by atoms with Crippen LogP contribution in [0.3, 0.4) is 0 Å². The van der Waals surface area contributed by atoms with Crippen molar-refractivity contribution in [1.82, 2.24) is 0 Å². The average Bonchev–Trinajstić information content (AvgIpc) is 2.73. The molecule has 1 rings (SSSR count). The molecule has 0 aliphatic carbocycles. The van der Waals surface area contributed by atoms with Crippen LogP contribution in [0.25, 0.3) is 0 Å².